The molecule has 0 unspecified atom stereocenters. The van der Waals surface area contributed by atoms with Gasteiger partial charge in [-0.05, 0) is 12.1 Å². The lowest BCUT2D eigenvalue weighted by molar-refractivity contribution is -0.146. The smallest absolute Gasteiger partial charge is 0.307 e. The SMILES string of the molecule is COC(=O)C[C@H]1C(=O)NCCN1Cc1cn2ccccc2c1C#N. The number of aromatic nitrogens is 1. The monoisotopic (exact) mass is 326 g/mol. The molecule has 2 aromatic heterocycles. The highest BCUT2D eigenvalue weighted by atomic mass is 16.5. The summed E-state index contributed by atoms with van der Waals surface area (Å²) >= 11 is 0. The maximum absolute atomic E-state index is 12.1. The Hall–Kier alpha value is -2.85. The number of piperazine rings is 1. The van der Waals surface area contributed by atoms with Gasteiger partial charge in [0.25, 0.3) is 0 Å². The Kier molecular flexibility index (Phi) is 4.49. The van der Waals surface area contributed by atoms with E-state index in [1.165, 1.54) is 7.11 Å². The molecule has 7 heteroatoms. The first-order valence-electron chi connectivity index (χ1n) is 7.71. The molecule has 124 valence electrons. The van der Waals surface area contributed by atoms with E-state index in [-0.39, 0.29) is 12.3 Å². The van der Waals surface area contributed by atoms with Gasteiger partial charge in [0.1, 0.15) is 12.1 Å². The fourth-order valence-corrected chi connectivity index (χ4v) is 3.06. The van der Waals surface area contributed by atoms with Crippen LogP contribution in [0.2, 0.25) is 0 Å². The summed E-state index contributed by atoms with van der Waals surface area (Å²) < 4.78 is 6.59. The van der Waals surface area contributed by atoms with Crippen molar-refractivity contribution in [1.29, 1.82) is 5.26 Å². The van der Waals surface area contributed by atoms with E-state index < -0.39 is 12.0 Å². The summed E-state index contributed by atoms with van der Waals surface area (Å²) in [6.45, 7) is 1.57. The number of nitrogens with one attached hydrogen (secondary N) is 1. The van der Waals surface area contributed by atoms with Crippen molar-refractivity contribution >= 4 is 17.4 Å². The van der Waals surface area contributed by atoms with Crippen molar-refractivity contribution in [3.05, 3.63) is 41.7 Å². The molecular weight excluding hydrogens is 308 g/mol. The number of hydrogen-bond acceptors (Lipinski definition) is 5. The minimum Gasteiger partial charge on any atom is -0.469 e. The van der Waals surface area contributed by atoms with Gasteiger partial charge in [0, 0.05) is 37.6 Å². The van der Waals surface area contributed by atoms with Crippen LogP contribution >= 0.6 is 0 Å². The second kappa shape index (κ2) is 6.72. The molecule has 1 aliphatic heterocycles. The molecule has 3 rings (SSSR count). The number of nitriles is 1. The molecule has 1 atom stereocenters. The lowest BCUT2D eigenvalue weighted by Gasteiger charge is -2.34. The Bertz CT molecular complexity index is 821. The first-order chi connectivity index (χ1) is 11.6. The Morgan fingerprint density at radius 2 is 2.33 bits per heavy atom. The first-order valence-corrected chi connectivity index (χ1v) is 7.71. The lowest BCUT2D eigenvalue weighted by Crippen LogP contribution is -2.55. The predicted octanol–water partition coefficient (Wildman–Crippen LogP) is 0.674. The highest BCUT2D eigenvalue weighted by Crippen LogP contribution is 2.21. The molecule has 1 aliphatic rings. The number of esters is 1. The van der Waals surface area contributed by atoms with Gasteiger partial charge in [0.15, 0.2) is 0 Å². The van der Waals surface area contributed by atoms with Gasteiger partial charge in [0.2, 0.25) is 5.91 Å². The van der Waals surface area contributed by atoms with Crippen molar-refractivity contribution in [1.82, 2.24) is 14.6 Å². The van der Waals surface area contributed by atoms with E-state index in [0.717, 1.165) is 11.1 Å². The van der Waals surface area contributed by atoms with E-state index in [0.29, 0.717) is 25.2 Å². The molecule has 0 aliphatic carbocycles. The van der Waals surface area contributed by atoms with E-state index in [4.69, 9.17) is 4.74 Å². The van der Waals surface area contributed by atoms with Gasteiger partial charge in [-0.3, -0.25) is 14.5 Å². The molecule has 7 nitrogen and oxygen atoms in total. The second-order valence-electron chi connectivity index (χ2n) is 5.69. The first kappa shape index (κ1) is 16.0. The maximum atomic E-state index is 12.1. The Morgan fingerprint density at radius 3 is 3.08 bits per heavy atom. The fourth-order valence-electron chi connectivity index (χ4n) is 3.06. The molecule has 1 saturated heterocycles. The molecule has 1 amide bonds. The third kappa shape index (κ3) is 2.96. The standard InChI is InChI=1S/C17H18N4O3/c1-24-16(22)8-15-17(23)19-5-7-21(15)11-12-10-20-6-3-2-4-14(20)13(12)9-18/h2-4,6,10,15H,5,7-8,11H2,1H3,(H,19,23)/t15-/m0/s1. The van der Waals surface area contributed by atoms with Crippen LogP contribution in [-0.4, -0.2) is 47.4 Å². The number of ether oxygens (including phenoxy) is 1. The lowest BCUT2D eigenvalue weighted by atomic mass is 10.1. The number of carbonyl (C=O) groups excluding carboxylic acids is 2. The third-order valence-electron chi connectivity index (χ3n) is 4.28. The largest absolute Gasteiger partial charge is 0.469 e. The second-order valence-corrected chi connectivity index (χ2v) is 5.69. The van der Waals surface area contributed by atoms with Gasteiger partial charge >= 0.3 is 5.97 Å². The topological polar surface area (TPSA) is 86.8 Å². The molecular formula is C17H18N4O3. The Morgan fingerprint density at radius 1 is 1.50 bits per heavy atom. The van der Waals surface area contributed by atoms with Crippen molar-refractivity contribution in [3.8, 4) is 6.07 Å². The summed E-state index contributed by atoms with van der Waals surface area (Å²) in [6.07, 6.45) is 3.78. The fraction of sp³-hybridized carbons (Fsp3) is 0.353. The molecule has 24 heavy (non-hydrogen) atoms. The van der Waals surface area contributed by atoms with Crippen molar-refractivity contribution < 1.29 is 14.3 Å². The number of methoxy groups -OCH3 is 1. The normalized spacial score (nSPS) is 18.2. The molecule has 0 radical (unpaired) electrons. The summed E-state index contributed by atoms with van der Waals surface area (Å²) in [5.41, 5.74) is 2.27. The molecule has 3 heterocycles. The summed E-state index contributed by atoms with van der Waals surface area (Å²) in [7, 11) is 1.31. The molecule has 2 aromatic rings. The predicted molar refractivity (Wildman–Crippen MR) is 86.0 cm³/mol. The van der Waals surface area contributed by atoms with E-state index in [2.05, 4.69) is 11.4 Å². The van der Waals surface area contributed by atoms with Gasteiger partial charge in [-0.1, -0.05) is 6.07 Å². The zero-order valence-electron chi connectivity index (χ0n) is 13.4. The van der Waals surface area contributed by atoms with Crippen LogP contribution < -0.4 is 5.32 Å². The minimum atomic E-state index is -0.583. The molecule has 0 aromatic carbocycles. The van der Waals surface area contributed by atoms with Crippen molar-refractivity contribution in [2.75, 3.05) is 20.2 Å². The van der Waals surface area contributed by atoms with Crippen LogP contribution in [0.5, 0.6) is 0 Å². The molecule has 0 saturated carbocycles. The van der Waals surface area contributed by atoms with E-state index in [1.54, 1.807) is 0 Å². The van der Waals surface area contributed by atoms with Gasteiger partial charge in [-0.25, -0.2) is 0 Å². The quantitative estimate of drug-likeness (QED) is 0.835. The number of amides is 1. The van der Waals surface area contributed by atoms with Gasteiger partial charge in [-0.2, -0.15) is 5.26 Å². The number of rotatable bonds is 4. The summed E-state index contributed by atoms with van der Waals surface area (Å²) in [6, 6.07) is 7.33. The molecule has 0 bridgehead atoms. The number of pyridine rings is 1. The summed E-state index contributed by atoms with van der Waals surface area (Å²) in [5.74, 6) is -0.612. The highest BCUT2D eigenvalue weighted by molar-refractivity contribution is 5.87. The number of carbonyl (C=O) groups is 2. The van der Waals surface area contributed by atoms with Crippen molar-refractivity contribution in [2.24, 2.45) is 0 Å². The van der Waals surface area contributed by atoms with Crippen LogP contribution in [0.4, 0.5) is 0 Å². The summed E-state index contributed by atoms with van der Waals surface area (Å²) in [4.78, 5) is 25.7. The Labute approximate surface area is 139 Å². The van der Waals surface area contributed by atoms with Gasteiger partial charge < -0.3 is 14.5 Å². The van der Waals surface area contributed by atoms with Crippen LogP contribution in [0.15, 0.2) is 30.6 Å². The van der Waals surface area contributed by atoms with Crippen LogP contribution in [0, 0.1) is 11.3 Å². The highest BCUT2D eigenvalue weighted by Gasteiger charge is 2.32. The van der Waals surface area contributed by atoms with Crippen LogP contribution in [0.3, 0.4) is 0 Å². The number of nitrogens with zero attached hydrogens (tertiary/aromatic N) is 3. The zero-order chi connectivity index (χ0) is 17.1. The minimum absolute atomic E-state index is 0.00239. The van der Waals surface area contributed by atoms with Gasteiger partial charge in [-0.15, -0.1) is 0 Å². The van der Waals surface area contributed by atoms with Crippen LogP contribution in [0.1, 0.15) is 17.5 Å². The van der Waals surface area contributed by atoms with Crippen molar-refractivity contribution in [2.45, 2.75) is 19.0 Å². The van der Waals surface area contributed by atoms with E-state index in [9.17, 15) is 14.9 Å². The van der Waals surface area contributed by atoms with Crippen LogP contribution in [-0.2, 0) is 20.9 Å². The maximum Gasteiger partial charge on any atom is 0.307 e. The average Bonchev–Trinajstić information content (AvgIpc) is 2.94. The summed E-state index contributed by atoms with van der Waals surface area (Å²) in [5, 5.41) is 12.3. The molecule has 1 fully saturated rings. The van der Waals surface area contributed by atoms with E-state index >= 15 is 0 Å². The molecule has 1 N–H and O–H groups in total. The number of fused-ring (bicyclic) bond motifs is 1. The Balaban J connectivity index is 1.89. The third-order valence-corrected chi connectivity index (χ3v) is 4.28. The zero-order valence-corrected chi connectivity index (χ0v) is 13.4. The van der Waals surface area contributed by atoms with E-state index in [1.807, 2.05) is 39.9 Å². The van der Waals surface area contributed by atoms with Gasteiger partial charge in [0.05, 0.1) is 24.6 Å². The number of hydrogen-bond donors (Lipinski definition) is 1. The van der Waals surface area contributed by atoms with Crippen LogP contribution in [0.25, 0.3) is 5.52 Å². The average molecular weight is 326 g/mol. The molecule has 0 spiro atoms. The van der Waals surface area contributed by atoms with Crippen molar-refractivity contribution in [3.63, 3.8) is 0 Å².